The van der Waals surface area contributed by atoms with E-state index < -0.39 is 0 Å². The summed E-state index contributed by atoms with van der Waals surface area (Å²) in [6, 6.07) is 15.5. The number of tetrazole rings is 1. The van der Waals surface area contributed by atoms with Crippen LogP contribution in [0.5, 0.6) is 0 Å². The van der Waals surface area contributed by atoms with Gasteiger partial charge < -0.3 is 4.57 Å². The predicted molar refractivity (Wildman–Crippen MR) is 145 cm³/mol. The number of carbonyl (C=O) groups excluding carboxylic acids is 2. The SMILES string of the molecule is CCCCc1nc(Cl)c(C=O)n1Cc1ccc(-c2ccccc2-c2nnn(C(=O)CCCCON(O)O)n2)cc1. The van der Waals surface area contributed by atoms with Crippen molar-refractivity contribution in [3.05, 3.63) is 70.8 Å². The highest BCUT2D eigenvalue weighted by atomic mass is 35.5. The molecule has 13 heteroatoms. The van der Waals surface area contributed by atoms with Gasteiger partial charge >= 0.3 is 0 Å². The molecular formula is C27H30ClN7O5. The molecule has 0 saturated carbocycles. The van der Waals surface area contributed by atoms with Crippen LogP contribution in [0.3, 0.4) is 0 Å². The molecule has 0 fully saturated rings. The summed E-state index contributed by atoms with van der Waals surface area (Å²) in [5, 5.41) is 29.2. The zero-order valence-electron chi connectivity index (χ0n) is 22.0. The zero-order chi connectivity index (χ0) is 28.5. The molecule has 0 aliphatic carbocycles. The number of unbranched alkanes of at least 4 members (excludes halogenated alkanes) is 2. The van der Waals surface area contributed by atoms with E-state index in [1.165, 1.54) is 0 Å². The second-order valence-corrected chi connectivity index (χ2v) is 9.45. The third kappa shape index (κ3) is 7.23. The maximum Gasteiger partial charge on any atom is 0.266 e. The Bertz CT molecular complexity index is 1440. The van der Waals surface area contributed by atoms with Gasteiger partial charge in [0.25, 0.3) is 5.91 Å². The van der Waals surface area contributed by atoms with Gasteiger partial charge in [0.15, 0.2) is 11.4 Å². The lowest BCUT2D eigenvalue weighted by molar-refractivity contribution is -0.492. The number of aryl methyl sites for hydroxylation is 1. The third-order valence-corrected chi connectivity index (χ3v) is 6.59. The van der Waals surface area contributed by atoms with Gasteiger partial charge in [-0.2, -0.15) is 0 Å². The minimum absolute atomic E-state index is 0.0524. The molecule has 0 saturated heterocycles. The van der Waals surface area contributed by atoms with Gasteiger partial charge in [0.05, 0.1) is 12.0 Å². The van der Waals surface area contributed by atoms with Crippen LogP contribution in [0.2, 0.25) is 5.15 Å². The van der Waals surface area contributed by atoms with Crippen molar-refractivity contribution in [2.45, 2.75) is 52.0 Å². The number of aromatic nitrogens is 6. The third-order valence-electron chi connectivity index (χ3n) is 6.31. The minimum atomic E-state index is -0.359. The largest absolute Gasteiger partial charge is 0.320 e. The van der Waals surface area contributed by atoms with Crippen LogP contribution in [0.15, 0.2) is 48.5 Å². The molecule has 0 atom stereocenters. The van der Waals surface area contributed by atoms with Gasteiger partial charge in [-0.3, -0.25) is 24.8 Å². The molecule has 2 aromatic heterocycles. The molecule has 0 aliphatic heterocycles. The number of rotatable bonds is 14. The summed E-state index contributed by atoms with van der Waals surface area (Å²) in [5.74, 6) is 0.775. The highest BCUT2D eigenvalue weighted by Gasteiger charge is 2.17. The molecule has 2 heterocycles. The first-order valence-corrected chi connectivity index (χ1v) is 13.3. The van der Waals surface area contributed by atoms with Crippen molar-refractivity contribution >= 4 is 23.8 Å². The Morgan fingerprint density at radius 2 is 1.82 bits per heavy atom. The van der Waals surface area contributed by atoms with Crippen molar-refractivity contribution in [2.75, 3.05) is 6.61 Å². The summed E-state index contributed by atoms with van der Waals surface area (Å²) in [5.41, 5.74) is 3.89. The van der Waals surface area contributed by atoms with E-state index in [4.69, 9.17) is 22.0 Å². The molecule has 0 bridgehead atoms. The fourth-order valence-corrected chi connectivity index (χ4v) is 4.49. The highest BCUT2D eigenvalue weighted by molar-refractivity contribution is 6.31. The van der Waals surface area contributed by atoms with E-state index >= 15 is 0 Å². The Morgan fingerprint density at radius 3 is 2.52 bits per heavy atom. The number of carbonyl (C=O) groups is 2. The van der Waals surface area contributed by atoms with E-state index in [0.717, 1.165) is 58.4 Å². The first-order chi connectivity index (χ1) is 19.4. The van der Waals surface area contributed by atoms with Gasteiger partial charge in [-0.1, -0.05) is 78.3 Å². The quantitative estimate of drug-likeness (QED) is 0.123. The Kier molecular flexibility index (Phi) is 10.2. The summed E-state index contributed by atoms with van der Waals surface area (Å²) < 4.78 is 1.87. The van der Waals surface area contributed by atoms with Crippen LogP contribution in [0.25, 0.3) is 22.5 Å². The van der Waals surface area contributed by atoms with Gasteiger partial charge in [0, 0.05) is 24.9 Å². The zero-order valence-corrected chi connectivity index (χ0v) is 22.7. The standard InChI is InChI=1S/C27H30ClN7O5/c1-2-3-10-24-29-26(28)23(18-36)33(24)17-19-12-14-20(15-13-19)21-8-4-5-9-22(21)27-30-32-34(31-27)25(37)11-6-7-16-40-35(38)39/h4-5,8-9,12-15,18,38-39H,2-3,6-7,10-11,16-17H2,1H3. The van der Waals surface area contributed by atoms with Crippen molar-refractivity contribution < 1.29 is 24.8 Å². The maximum absolute atomic E-state index is 12.5. The molecule has 2 N–H and O–H groups in total. The number of benzene rings is 2. The molecule has 40 heavy (non-hydrogen) atoms. The van der Waals surface area contributed by atoms with Crippen molar-refractivity contribution in [1.82, 2.24) is 35.1 Å². The average Bonchev–Trinajstić information content (AvgIpc) is 3.56. The molecule has 0 radical (unpaired) electrons. The molecule has 0 aliphatic rings. The Labute approximate surface area is 235 Å². The highest BCUT2D eigenvalue weighted by Crippen LogP contribution is 2.30. The van der Waals surface area contributed by atoms with Gasteiger partial charge in [-0.05, 0) is 41.2 Å². The summed E-state index contributed by atoms with van der Waals surface area (Å²) in [6.45, 7) is 2.62. The van der Waals surface area contributed by atoms with E-state index in [0.29, 0.717) is 30.9 Å². The van der Waals surface area contributed by atoms with Crippen LogP contribution >= 0.6 is 11.6 Å². The second-order valence-electron chi connectivity index (χ2n) is 9.09. The van der Waals surface area contributed by atoms with E-state index in [1.54, 1.807) is 0 Å². The topological polar surface area (TPSA) is 148 Å². The Balaban J connectivity index is 1.48. The average molecular weight is 568 g/mol. The second kappa shape index (κ2) is 14.0. The predicted octanol–water partition coefficient (Wildman–Crippen LogP) is 4.88. The summed E-state index contributed by atoms with van der Waals surface area (Å²) in [6.07, 6.45) is 4.49. The van der Waals surface area contributed by atoms with E-state index in [9.17, 15) is 9.59 Å². The number of hydrogen-bond acceptors (Lipinski definition) is 10. The van der Waals surface area contributed by atoms with E-state index in [1.807, 2.05) is 53.1 Å². The van der Waals surface area contributed by atoms with Crippen LogP contribution in [0.4, 0.5) is 0 Å². The fourth-order valence-electron chi connectivity index (χ4n) is 4.25. The number of hydrogen-bond donors (Lipinski definition) is 2. The number of nitrogens with zero attached hydrogens (tertiary/aromatic N) is 7. The van der Waals surface area contributed by atoms with Crippen LogP contribution in [0.1, 0.15) is 65.7 Å². The minimum Gasteiger partial charge on any atom is -0.320 e. The van der Waals surface area contributed by atoms with E-state index in [-0.39, 0.29) is 29.5 Å². The van der Waals surface area contributed by atoms with Gasteiger partial charge in [0.1, 0.15) is 11.5 Å². The molecule has 210 valence electrons. The number of halogens is 1. The van der Waals surface area contributed by atoms with Gasteiger partial charge in [0.2, 0.25) is 5.82 Å². The Morgan fingerprint density at radius 1 is 1.07 bits per heavy atom. The fraction of sp³-hybridized carbons (Fsp3) is 0.333. The molecule has 0 amide bonds. The van der Waals surface area contributed by atoms with Crippen molar-refractivity contribution in [3.63, 3.8) is 0 Å². The lowest BCUT2D eigenvalue weighted by Gasteiger charge is -2.11. The molecule has 0 unspecified atom stereocenters. The lowest BCUT2D eigenvalue weighted by atomic mass is 9.98. The molecule has 0 spiro atoms. The number of aldehydes is 1. The first-order valence-electron chi connectivity index (χ1n) is 12.9. The smallest absolute Gasteiger partial charge is 0.266 e. The summed E-state index contributed by atoms with van der Waals surface area (Å²) in [4.78, 5) is 34.0. The Hall–Kier alpha value is -3.81. The molecular weight excluding hydrogens is 538 g/mol. The lowest BCUT2D eigenvalue weighted by Crippen LogP contribution is -2.16. The van der Waals surface area contributed by atoms with Crippen LogP contribution in [-0.4, -0.2) is 64.4 Å². The van der Waals surface area contributed by atoms with Crippen molar-refractivity contribution in [3.8, 4) is 22.5 Å². The summed E-state index contributed by atoms with van der Waals surface area (Å²) in [7, 11) is 0. The van der Waals surface area contributed by atoms with E-state index in [2.05, 4.69) is 32.2 Å². The van der Waals surface area contributed by atoms with Gasteiger partial charge in [-0.15, -0.1) is 10.2 Å². The molecule has 4 rings (SSSR count). The molecule has 12 nitrogen and oxygen atoms in total. The monoisotopic (exact) mass is 567 g/mol. The van der Waals surface area contributed by atoms with Crippen LogP contribution < -0.4 is 0 Å². The normalized spacial score (nSPS) is 11.3. The molecule has 4 aromatic rings. The van der Waals surface area contributed by atoms with Crippen molar-refractivity contribution in [1.29, 1.82) is 0 Å². The first kappa shape index (κ1) is 29.2. The number of imidazole rings is 1. The van der Waals surface area contributed by atoms with Crippen LogP contribution in [-0.2, 0) is 17.8 Å². The summed E-state index contributed by atoms with van der Waals surface area (Å²) >= 11 is 6.22. The maximum atomic E-state index is 12.5. The molecule has 2 aromatic carbocycles. The van der Waals surface area contributed by atoms with Crippen molar-refractivity contribution in [2.24, 2.45) is 0 Å². The van der Waals surface area contributed by atoms with Crippen LogP contribution in [0, 0.1) is 0 Å². The van der Waals surface area contributed by atoms with Gasteiger partial charge in [-0.25, -0.2) is 4.98 Å².